The van der Waals surface area contributed by atoms with Gasteiger partial charge in [-0.2, -0.15) is 0 Å². The predicted octanol–water partition coefficient (Wildman–Crippen LogP) is 3.71. The third-order valence-electron chi connectivity index (χ3n) is 3.32. The molecule has 1 aliphatic carbocycles. The summed E-state index contributed by atoms with van der Waals surface area (Å²) in [5.41, 5.74) is 3.20. The van der Waals surface area contributed by atoms with E-state index in [2.05, 4.69) is 0 Å². The average Bonchev–Trinajstić information content (AvgIpc) is 2.51. The van der Waals surface area contributed by atoms with Crippen LogP contribution < -0.4 is 0 Å². The Morgan fingerprint density at radius 1 is 0.900 bits per heavy atom. The van der Waals surface area contributed by atoms with E-state index in [0.717, 1.165) is 11.1 Å². The quantitative estimate of drug-likeness (QED) is 0.788. The van der Waals surface area contributed by atoms with E-state index in [1.807, 2.05) is 66.7 Å². The number of allylic oxidation sites excluding steroid dienone is 2. The smallest absolute Gasteiger partial charge is 0.201 e. The highest BCUT2D eigenvalue weighted by Crippen LogP contribution is 2.38. The van der Waals surface area contributed by atoms with Crippen LogP contribution in [0.2, 0.25) is 0 Å². The van der Waals surface area contributed by atoms with Crippen LogP contribution in [0.15, 0.2) is 72.0 Å². The highest BCUT2D eigenvalue weighted by Gasteiger charge is 2.35. The average molecular weight is 262 g/mol. The van der Waals surface area contributed by atoms with Crippen molar-refractivity contribution in [1.82, 2.24) is 0 Å². The number of benzene rings is 2. The second-order valence-corrected chi connectivity index (χ2v) is 4.57. The summed E-state index contributed by atoms with van der Waals surface area (Å²) in [7, 11) is 1.60. The lowest BCUT2D eigenvalue weighted by atomic mass is 9.82. The molecule has 2 aromatic rings. The minimum atomic E-state index is 0.0388. The first-order valence-electron chi connectivity index (χ1n) is 6.47. The standard InChI is InChI=1S/C18H14O2/c1-20-18-15(12-13-8-4-2-5-9-13)17(19)16(18)14-10-6-3-7-11-14/h2-12H,1H3/b15-12-. The number of Topliss-reactive ketones (excluding diaryl/α,β-unsaturated/α-hetero) is 1. The van der Waals surface area contributed by atoms with E-state index in [-0.39, 0.29) is 5.78 Å². The maximum Gasteiger partial charge on any atom is 0.201 e. The zero-order valence-corrected chi connectivity index (χ0v) is 11.2. The van der Waals surface area contributed by atoms with Crippen LogP contribution in [0.4, 0.5) is 0 Å². The molecule has 0 radical (unpaired) electrons. The van der Waals surface area contributed by atoms with Crippen molar-refractivity contribution in [2.24, 2.45) is 0 Å². The summed E-state index contributed by atoms with van der Waals surface area (Å²) in [4.78, 5) is 12.3. The van der Waals surface area contributed by atoms with E-state index in [9.17, 15) is 4.79 Å². The van der Waals surface area contributed by atoms with Crippen molar-refractivity contribution < 1.29 is 9.53 Å². The topological polar surface area (TPSA) is 26.3 Å². The van der Waals surface area contributed by atoms with Gasteiger partial charge in [0.2, 0.25) is 5.78 Å². The van der Waals surface area contributed by atoms with Gasteiger partial charge in [0.25, 0.3) is 0 Å². The fraction of sp³-hybridized carbons (Fsp3) is 0.0556. The van der Waals surface area contributed by atoms with Gasteiger partial charge in [-0.25, -0.2) is 0 Å². The molecule has 0 saturated carbocycles. The third-order valence-corrected chi connectivity index (χ3v) is 3.32. The molecule has 0 saturated heterocycles. The molecule has 3 rings (SSSR count). The van der Waals surface area contributed by atoms with Crippen molar-refractivity contribution in [3.05, 3.63) is 83.1 Å². The van der Waals surface area contributed by atoms with Gasteiger partial charge in [0.15, 0.2) is 0 Å². The highest BCUT2D eigenvalue weighted by molar-refractivity contribution is 6.40. The molecule has 0 bridgehead atoms. The summed E-state index contributed by atoms with van der Waals surface area (Å²) < 4.78 is 5.40. The number of ketones is 1. The summed E-state index contributed by atoms with van der Waals surface area (Å²) in [6, 6.07) is 19.4. The normalized spacial score (nSPS) is 16.2. The fourth-order valence-electron chi connectivity index (χ4n) is 2.34. The summed E-state index contributed by atoms with van der Waals surface area (Å²) in [6.45, 7) is 0. The predicted molar refractivity (Wildman–Crippen MR) is 79.8 cm³/mol. The van der Waals surface area contributed by atoms with E-state index in [1.165, 1.54) is 0 Å². The molecule has 0 heterocycles. The maximum absolute atomic E-state index is 12.3. The number of ether oxygens (including phenoxy) is 1. The molecule has 2 heteroatoms. The SMILES string of the molecule is COC1=C(c2ccccc2)C(=O)/C1=C/c1ccccc1. The van der Waals surface area contributed by atoms with E-state index in [0.29, 0.717) is 16.9 Å². The molecule has 1 aliphatic rings. The highest BCUT2D eigenvalue weighted by atomic mass is 16.5. The minimum Gasteiger partial charge on any atom is -0.495 e. The van der Waals surface area contributed by atoms with Crippen molar-refractivity contribution >= 4 is 17.4 Å². The molecule has 0 fully saturated rings. The molecule has 20 heavy (non-hydrogen) atoms. The molecular formula is C18H14O2. The monoisotopic (exact) mass is 262 g/mol. The minimum absolute atomic E-state index is 0.0388. The van der Waals surface area contributed by atoms with E-state index in [1.54, 1.807) is 7.11 Å². The number of carbonyl (C=O) groups excluding carboxylic acids is 1. The first-order chi connectivity index (χ1) is 9.81. The largest absolute Gasteiger partial charge is 0.495 e. The van der Waals surface area contributed by atoms with Gasteiger partial charge in [-0.15, -0.1) is 0 Å². The van der Waals surface area contributed by atoms with Gasteiger partial charge < -0.3 is 4.74 Å². The Labute approximate surface area is 118 Å². The van der Waals surface area contributed by atoms with Gasteiger partial charge in [0.05, 0.1) is 18.3 Å². The Kier molecular flexibility index (Phi) is 3.21. The third kappa shape index (κ3) is 2.05. The first-order valence-corrected chi connectivity index (χ1v) is 6.47. The summed E-state index contributed by atoms with van der Waals surface area (Å²) in [6.07, 6.45) is 1.87. The van der Waals surface area contributed by atoms with Crippen LogP contribution in [0.5, 0.6) is 0 Å². The van der Waals surface area contributed by atoms with E-state index in [4.69, 9.17) is 4.74 Å². The molecule has 0 unspecified atom stereocenters. The molecular weight excluding hydrogens is 248 g/mol. The number of hydrogen-bond acceptors (Lipinski definition) is 2. The van der Waals surface area contributed by atoms with Crippen LogP contribution in [0.1, 0.15) is 11.1 Å². The number of methoxy groups -OCH3 is 1. The van der Waals surface area contributed by atoms with Crippen molar-refractivity contribution in [3.63, 3.8) is 0 Å². The molecule has 0 spiro atoms. The van der Waals surface area contributed by atoms with Crippen molar-refractivity contribution in [2.75, 3.05) is 7.11 Å². The van der Waals surface area contributed by atoms with Crippen molar-refractivity contribution in [3.8, 4) is 0 Å². The zero-order valence-electron chi connectivity index (χ0n) is 11.2. The molecule has 98 valence electrons. The summed E-state index contributed by atoms with van der Waals surface area (Å²) in [5, 5.41) is 0. The van der Waals surface area contributed by atoms with Crippen LogP contribution in [-0.2, 0) is 9.53 Å². The van der Waals surface area contributed by atoms with Crippen LogP contribution in [0.25, 0.3) is 11.6 Å². The molecule has 0 N–H and O–H groups in total. The lowest BCUT2D eigenvalue weighted by Crippen LogP contribution is -2.22. The summed E-state index contributed by atoms with van der Waals surface area (Å²) in [5.74, 6) is 0.710. The lowest BCUT2D eigenvalue weighted by molar-refractivity contribution is -0.111. The van der Waals surface area contributed by atoms with Crippen LogP contribution in [-0.4, -0.2) is 12.9 Å². The second kappa shape index (κ2) is 5.17. The molecule has 0 aromatic heterocycles. The Morgan fingerprint density at radius 2 is 1.50 bits per heavy atom. The first kappa shape index (κ1) is 12.4. The molecule has 2 nitrogen and oxygen atoms in total. The number of hydrogen-bond donors (Lipinski definition) is 0. The Bertz CT molecular complexity index is 695. The van der Waals surface area contributed by atoms with Crippen LogP contribution >= 0.6 is 0 Å². The van der Waals surface area contributed by atoms with Crippen LogP contribution in [0.3, 0.4) is 0 Å². The summed E-state index contributed by atoms with van der Waals surface area (Å²) >= 11 is 0. The molecule has 2 aromatic carbocycles. The van der Waals surface area contributed by atoms with E-state index < -0.39 is 0 Å². The Balaban J connectivity index is 2.03. The van der Waals surface area contributed by atoms with Gasteiger partial charge in [-0.05, 0) is 17.2 Å². The van der Waals surface area contributed by atoms with Crippen LogP contribution in [0, 0.1) is 0 Å². The van der Waals surface area contributed by atoms with Gasteiger partial charge in [0.1, 0.15) is 5.76 Å². The van der Waals surface area contributed by atoms with E-state index >= 15 is 0 Å². The molecule has 0 atom stereocenters. The Morgan fingerprint density at radius 3 is 2.10 bits per heavy atom. The molecule has 0 amide bonds. The fourth-order valence-corrected chi connectivity index (χ4v) is 2.34. The maximum atomic E-state index is 12.3. The van der Waals surface area contributed by atoms with Gasteiger partial charge in [-0.1, -0.05) is 60.7 Å². The van der Waals surface area contributed by atoms with Crippen molar-refractivity contribution in [2.45, 2.75) is 0 Å². The zero-order chi connectivity index (χ0) is 13.9. The Hall–Kier alpha value is -2.61. The van der Waals surface area contributed by atoms with Gasteiger partial charge >= 0.3 is 0 Å². The lowest BCUT2D eigenvalue weighted by Gasteiger charge is -2.24. The van der Waals surface area contributed by atoms with Gasteiger partial charge in [-0.3, -0.25) is 4.79 Å². The van der Waals surface area contributed by atoms with Crippen molar-refractivity contribution in [1.29, 1.82) is 0 Å². The van der Waals surface area contributed by atoms with Gasteiger partial charge in [0, 0.05) is 0 Å². The number of rotatable bonds is 3. The number of carbonyl (C=O) groups is 1. The second-order valence-electron chi connectivity index (χ2n) is 4.57. The molecule has 0 aliphatic heterocycles.